The van der Waals surface area contributed by atoms with Crippen LogP contribution < -0.4 is 5.73 Å². The molecule has 1 aromatic carbocycles. The molecule has 0 radical (unpaired) electrons. The Hall–Kier alpha value is -2.02. The number of nitrogens with two attached hydrogens (primary N) is 1. The van der Waals surface area contributed by atoms with E-state index in [1.165, 1.54) is 27.9 Å². The van der Waals surface area contributed by atoms with Crippen LogP contribution in [0.25, 0.3) is 16.2 Å². The molecule has 0 saturated carbocycles. The van der Waals surface area contributed by atoms with Crippen molar-refractivity contribution in [1.82, 2.24) is 14.6 Å². The van der Waals surface area contributed by atoms with E-state index in [1.807, 2.05) is 0 Å². The Labute approximate surface area is 98.3 Å². The Kier molecular flexibility index (Phi) is 2.08. The minimum atomic E-state index is -0.641. The van der Waals surface area contributed by atoms with E-state index >= 15 is 0 Å². The highest BCUT2D eigenvalue weighted by Gasteiger charge is 2.14. The number of fused-ring (bicyclic) bond motifs is 1. The quantitative estimate of drug-likeness (QED) is 0.723. The van der Waals surface area contributed by atoms with Crippen molar-refractivity contribution < 1.29 is 8.78 Å². The lowest BCUT2D eigenvalue weighted by Gasteiger charge is -2.02. The van der Waals surface area contributed by atoms with Crippen LogP contribution in [-0.2, 0) is 0 Å². The van der Waals surface area contributed by atoms with Gasteiger partial charge in [0.1, 0.15) is 11.6 Å². The summed E-state index contributed by atoms with van der Waals surface area (Å²) in [4.78, 5) is 0.571. The summed E-state index contributed by atoms with van der Waals surface area (Å²) in [5.41, 5.74) is 6.42. The molecule has 0 bridgehead atoms. The zero-order chi connectivity index (χ0) is 12.0. The number of anilines is 1. The molecule has 0 unspecified atom stereocenters. The Bertz CT molecular complexity index is 703. The molecular weight excluding hydrogens is 246 g/mol. The normalized spacial score (nSPS) is 11.2. The van der Waals surface area contributed by atoms with Crippen LogP contribution in [0.4, 0.5) is 14.7 Å². The summed E-state index contributed by atoms with van der Waals surface area (Å²) in [7, 11) is 0. The second-order valence-corrected chi connectivity index (χ2v) is 4.26. The van der Waals surface area contributed by atoms with Gasteiger partial charge in [0.25, 0.3) is 0 Å². The van der Waals surface area contributed by atoms with E-state index in [2.05, 4.69) is 10.2 Å². The van der Waals surface area contributed by atoms with Crippen LogP contribution in [0.1, 0.15) is 0 Å². The van der Waals surface area contributed by atoms with Crippen LogP contribution in [0.5, 0.6) is 0 Å². The minimum absolute atomic E-state index is 0.181. The van der Waals surface area contributed by atoms with E-state index in [4.69, 9.17) is 5.73 Å². The van der Waals surface area contributed by atoms with Crippen molar-refractivity contribution in [1.29, 1.82) is 0 Å². The Morgan fingerprint density at radius 3 is 2.82 bits per heavy atom. The first kappa shape index (κ1) is 10.2. The van der Waals surface area contributed by atoms with E-state index < -0.39 is 11.6 Å². The molecule has 2 N–H and O–H groups in total. The molecule has 17 heavy (non-hydrogen) atoms. The number of nitrogens with zero attached hydrogens (tertiary/aromatic N) is 3. The fourth-order valence-corrected chi connectivity index (χ4v) is 2.46. The number of benzene rings is 1. The topological polar surface area (TPSA) is 56.2 Å². The summed E-state index contributed by atoms with van der Waals surface area (Å²) in [5, 5.41) is 9.22. The van der Waals surface area contributed by atoms with Gasteiger partial charge in [-0.3, -0.25) is 4.40 Å². The molecule has 2 aromatic heterocycles. The maximum Gasteiger partial charge on any atom is 0.227 e. The third-order valence-corrected chi connectivity index (χ3v) is 3.20. The van der Waals surface area contributed by atoms with Gasteiger partial charge in [-0.05, 0) is 12.1 Å². The van der Waals surface area contributed by atoms with Crippen molar-refractivity contribution in [3.63, 3.8) is 0 Å². The highest BCUT2D eigenvalue weighted by molar-refractivity contribution is 7.15. The molecule has 0 atom stereocenters. The van der Waals surface area contributed by atoms with E-state index in [9.17, 15) is 8.78 Å². The maximum absolute atomic E-state index is 13.6. The van der Waals surface area contributed by atoms with Gasteiger partial charge in [-0.15, -0.1) is 21.5 Å². The number of thiazole rings is 1. The molecule has 0 spiro atoms. The van der Waals surface area contributed by atoms with E-state index in [1.54, 1.807) is 5.38 Å². The molecule has 3 aromatic rings. The highest BCUT2D eigenvalue weighted by Crippen LogP contribution is 2.29. The van der Waals surface area contributed by atoms with Crippen molar-refractivity contribution in [2.75, 3.05) is 5.73 Å². The summed E-state index contributed by atoms with van der Waals surface area (Å²) in [5.74, 6) is -1.08. The number of hydrogen-bond donors (Lipinski definition) is 1. The van der Waals surface area contributed by atoms with Crippen molar-refractivity contribution in [2.45, 2.75) is 0 Å². The first-order valence-corrected chi connectivity index (χ1v) is 5.58. The smallest absolute Gasteiger partial charge is 0.227 e. The molecule has 0 fully saturated rings. The van der Waals surface area contributed by atoms with Crippen LogP contribution >= 0.6 is 11.3 Å². The van der Waals surface area contributed by atoms with Gasteiger partial charge < -0.3 is 5.73 Å². The number of rotatable bonds is 1. The summed E-state index contributed by atoms with van der Waals surface area (Å²) in [6, 6.07) is 3.40. The average molecular weight is 252 g/mol. The van der Waals surface area contributed by atoms with Crippen LogP contribution in [0.3, 0.4) is 0 Å². The van der Waals surface area contributed by atoms with Gasteiger partial charge in [0.2, 0.25) is 10.9 Å². The average Bonchev–Trinajstić information content (AvgIpc) is 2.83. The van der Waals surface area contributed by atoms with Crippen LogP contribution in [-0.4, -0.2) is 14.6 Å². The van der Waals surface area contributed by atoms with Crippen LogP contribution in [0.2, 0.25) is 0 Å². The fourth-order valence-electron chi connectivity index (χ4n) is 1.63. The Morgan fingerprint density at radius 1 is 1.24 bits per heavy atom. The maximum atomic E-state index is 13.6. The number of nitrogen functional groups attached to an aromatic ring is 1. The Morgan fingerprint density at radius 2 is 2.06 bits per heavy atom. The predicted octanol–water partition coefficient (Wildman–Crippen LogP) is 2.32. The van der Waals surface area contributed by atoms with Gasteiger partial charge in [-0.1, -0.05) is 0 Å². The number of aromatic nitrogens is 3. The van der Waals surface area contributed by atoms with Gasteiger partial charge >= 0.3 is 0 Å². The summed E-state index contributed by atoms with van der Waals surface area (Å²) < 4.78 is 28.0. The van der Waals surface area contributed by atoms with Crippen molar-refractivity contribution in [3.8, 4) is 11.3 Å². The molecule has 7 heteroatoms. The third-order valence-electron chi connectivity index (χ3n) is 2.38. The van der Waals surface area contributed by atoms with E-state index in [-0.39, 0.29) is 11.5 Å². The summed E-state index contributed by atoms with van der Waals surface area (Å²) >= 11 is 1.29. The second-order valence-electron chi connectivity index (χ2n) is 3.42. The largest absolute Gasteiger partial charge is 0.368 e. The van der Waals surface area contributed by atoms with E-state index in [0.717, 1.165) is 6.07 Å². The SMILES string of the molecule is Nc1nnc2scc(-c3ccc(F)cc3F)n12. The Balaban J connectivity index is 2.30. The van der Waals surface area contributed by atoms with Crippen LogP contribution in [0.15, 0.2) is 23.6 Å². The summed E-state index contributed by atoms with van der Waals surface area (Å²) in [6.07, 6.45) is 0. The standard InChI is InChI=1S/C10H6F2N4S/c11-5-1-2-6(7(12)3-5)8-4-17-10-15-14-9(13)16(8)10/h1-4H,(H2,13,14). The number of halogens is 2. The first-order chi connectivity index (χ1) is 8.16. The minimum Gasteiger partial charge on any atom is -0.368 e. The lowest BCUT2D eigenvalue weighted by molar-refractivity contribution is 0.585. The fraction of sp³-hybridized carbons (Fsp3) is 0. The van der Waals surface area contributed by atoms with Crippen molar-refractivity contribution in [2.24, 2.45) is 0 Å². The molecule has 2 heterocycles. The molecule has 86 valence electrons. The van der Waals surface area contributed by atoms with Gasteiger partial charge in [-0.25, -0.2) is 8.78 Å². The molecular formula is C10H6F2N4S. The molecule has 0 aliphatic rings. The lowest BCUT2D eigenvalue weighted by Crippen LogP contribution is -1.96. The van der Waals surface area contributed by atoms with Crippen molar-refractivity contribution >= 4 is 22.2 Å². The van der Waals surface area contributed by atoms with E-state index in [0.29, 0.717) is 10.7 Å². The monoisotopic (exact) mass is 252 g/mol. The van der Waals surface area contributed by atoms with Gasteiger partial charge in [-0.2, -0.15) is 0 Å². The zero-order valence-electron chi connectivity index (χ0n) is 8.39. The highest BCUT2D eigenvalue weighted by atomic mass is 32.1. The molecule has 4 nitrogen and oxygen atoms in total. The van der Waals surface area contributed by atoms with Crippen LogP contribution in [0, 0.1) is 11.6 Å². The predicted molar refractivity (Wildman–Crippen MR) is 60.6 cm³/mol. The zero-order valence-corrected chi connectivity index (χ0v) is 9.21. The van der Waals surface area contributed by atoms with Gasteiger partial charge in [0.15, 0.2) is 0 Å². The second kappa shape index (κ2) is 3.49. The third kappa shape index (κ3) is 1.47. The molecule has 0 saturated heterocycles. The molecule has 3 rings (SSSR count). The first-order valence-electron chi connectivity index (χ1n) is 4.70. The van der Waals surface area contributed by atoms with Gasteiger partial charge in [0, 0.05) is 17.0 Å². The van der Waals surface area contributed by atoms with Gasteiger partial charge in [0.05, 0.1) is 5.69 Å². The lowest BCUT2D eigenvalue weighted by atomic mass is 10.1. The van der Waals surface area contributed by atoms with Crippen molar-refractivity contribution in [3.05, 3.63) is 35.2 Å². The molecule has 0 aliphatic heterocycles. The summed E-state index contributed by atoms with van der Waals surface area (Å²) in [6.45, 7) is 0. The molecule has 0 amide bonds. The molecule has 0 aliphatic carbocycles. The number of hydrogen-bond acceptors (Lipinski definition) is 4.